The highest BCUT2D eigenvalue weighted by atomic mass is 19.3. The summed E-state index contributed by atoms with van der Waals surface area (Å²) < 4.78 is 33.8. The predicted molar refractivity (Wildman–Crippen MR) is 92.9 cm³/mol. The van der Waals surface area contributed by atoms with Crippen LogP contribution >= 0.6 is 0 Å². The monoisotopic (exact) mass is 361 g/mol. The van der Waals surface area contributed by atoms with E-state index in [-0.39, 0.29) is 11.4 Å². The molecule has 2 aromatic carbocycles. The number of alkyl halides is 2. The molecule has 0 heterocycles. The van der Waals surface area contributed by atoms with Crippen molar-refractivity contribution in [1.82, 2.24) is 0 Å². The molecule has 0 fully saturated rings. The number of hydrogen-bond acceptors (Lipinski definition) is 4. The second-order valence-corrected chi connectivity index (χ2v) is 5.28. The van der Waals surface area contributed by atoms with Crippen molar-refractivity contribution in [1.29, 1.82) is 0 Å². The van der Waals surface area contributed by atoms with Crippen LogP contribution in [0.2, 0.25) is 0 Å². The van der Waals surface area contributed by atoms with E-state index in [0.29, 0.717) is 0 Å². The molecule has 26 heavy (non-hydrogen) atoms. The summed E-state index contributed by atoms with van der Waals surface area (Å²) in [5.41, 5.74) is 1.93. The second-order valence-electron chi connectivity index (χ2n) is 5.28. The van der Waals surface area contributed by atoms with Crippen molar-refractivity contribution in [3.63, 3.8) is 0 Å². The Morgan fingerprint density at radius 2 is 1.92 bits per heavy atom. The van der Waals surface area contributed by atoms with Crippen molar-refractivity contribution in [2.45, 2.75) is 13.5 Å². The van der Waals surface area contributed by atoms with E-state index in [1.165, 1.54) is 24.3 Å². The normalized spacial score (nSPS) is 10.8. The van der Waals surface area contributed by atoms with Crippen LogP contribution < -0.4 is 10.1 Å². The highest BCUT2D eigenvalue weighted by molar-refractivity contribution is 5.95. The third-order valence-corrected chi connectivity index (χ3v) is 3.18. The third-order valence-electron chi connectivity index (χ3n) is 3.18. The fraction of sp³-hybridized carbons (Fsp3) is 0.158. The smallest absolute Gasteiger partial charge is 0.387 e. The first-order valence-electron chi connectivity index (χ1n) is 7.69. The first kappa shape index (κ1) is 19.1. The quantitative estimate of drug-likeness (QED) is 0.602. The number of rotatable bonds is 7. The van der Waals surface area contributed by atoms with E-state index in [4.69, 9.17) is 4.74 Å². The largest absolute Gasteiger partial charge is 0.452 e. The molecule has 0 radical (unpaired) electrons. The molecule has 7 heteroatoms. The van der Waals surface area contributed by atoms with Gasteiger partial charge in [-0.15, -0.1) is 0 Å². The number of hydrogen-bond donors (Lipinski definition) is 1. The molecule has 136 valence electrons. The molecule has 2 aromatic rings. The number of carbonyl (C=O) groups is 2. The number of ether oxygens (including phenoxy) is 2. The number of anilines is 1. The molecule has 0 unspecified atom stereocenters. The molecule has 0 spiro atoms. The van der Waals surface area contributed by atoms with E-state index in [0.717, 1.165) is 11.1 Å². The predicted octanol–water partition coefficient (Wildman–Crippen LogP) is 3.79. The number of carbonyl (C=O) groups excluding carboxylic acids is 2. The Kier molecular flexibility index (Phi) is 6.84. The van der Waals surface area contributed by atoms with Gasteiger partial charge in [-0.3, -0.25) is 4.79 Å². The van der Waals surface area contributed by atoms with Gasteiger partial charge in [0, 0.05) is 6.08 Å². The van der Waals surface area contributed by atoms with Crippen molar-refractivity contribution in [3.8, 4) is 5.75 Å². The number of aryl methyl sites for hydroxylation is 1. The number of esters is 1. The summed E-state index contributed by atoms with van der Waals surface area (Å²) in [5.74, 6) is -1.55. The van der Waals surface area contributed by atoms with Crippen LogP contribution in [0, 0.1) is 6.92 Å². The first-order valence-corrected chi connectivity index (χ1v) is 7.69. The first-order chi connectivity index (χ1) is 12.4. The van der Waals surface area contributed by atoms with Gasteiger partial charge >= 0.3 is 12.6 Å². The van der Waals surface area contributed by atoms with Crippen molar-refractivity contribution >= 4 is 23.6 Å². The maximum Gasteiger partial charge on any atom is 0.387 e. The number of para-hydroxylation sites is 2. The molecule has 0 bridgehead atoms. The topological polar surface area (TPSA) is 64.6 Å². The Hall–Kier alpha value is -3.22. The third kappa shape index (κ3) is 6.35. The lowest BCUT2D eigenvalue weighted by Gasteiger charge is -2.11. The molecule has 0 saturated carbocycles. The highest BCUT2D eigenvalue weighted by Gasteiger charge is 2.12. The van der Waals surface area contributed by atoms with Gasteiger partial charge in [-0.25, -0.2) is 4.79 Å². The zero-order valence-corrected chi connectivity index (χ0v) is 13.9. The van der Waals surface area contributed by atoms with Crippen LogP contribution in [0.3, 0.4) is 0 Å². The Labute approximate surface area is 149 Å². The maximum atomic E-state index is 12.3. The van der Waals surface area contributed by atoms with Gasteiger partial charge in [0.25, 0.3) is 5.91 Å². The van der Waals surface area contributed by atoms with Gasteiger partial charge in [0.05, 0.1) is 5.69 Å². The summed E-state index contributed by atoms with van der Waals surface area (Å²) in [6.45, 7) is -1.65. The Balaban J connectivity index is 1.86. The zero-order valence-electron chi connectivity index (χ0n) is 13.9. The van der Waals surface area contributed by atoms with E-state index in [1.807, 2.05) is 31.2 Å². The maximum absolute atomic E-state index is 12.3. The van der Waals surface area contributed by atoms with E-state index in [2.05, 4.69) is 10.1 Å². The minimum absolute atomic E-state index is 0.0594. The molecule has 0 aliphatic rings. The number of benzene rings is 2. The lowest BCUT2D eigenvalue weighted by molar-refractivity contribution is -0.142. The van der Waals surface area contributed by atoms with E-state index < -0.39 is 25.1 Å². The molecular weight excluding hydrogens is 344 g/mol. The molecule has 0 saturated heterocycles. The van der Waals surface area contributed by atoms with Crippen LogP contribution in [0.1, 0.15) is 11.1 Å². The summed E-state index contributed by atoms with van der Waals surface area (Å²) in [5, 5.41) is 2.35. The van der Waals surface area contributed by atoms with Gasteiger partial charge in [0.15, 0.2) is 6.61 Å². The Bertz CT molecular complexity index is 806. The fourth-order valence-corrected chi connectivity index (χ4v) is 2.08. The molecule has 0 aromatic heterocycles. The number of halogens is 2. The van der Waals surface area contributed by atoms with Gasteiger partial charge < -0.3 is 14.8 Å². The summed E-state index contributed by atoms with van der Waals surface area (Å²) in [7, 11) is 0. The molecule has 5 nitrogen and oxygen atoms in total. The van der Waals surface area contributed by atoms with Gasteiger partial charge in [-0.1, -0.05) is 42.0 Å². The van der Waals surface area contributed by atoms with Gasteiger partial charge in [-0.05, 0) is 30.7 Å². The van der Waals surface area contributed by atoms with Crippen LogP contribution in [0.25, 0.3) is 6.08 Å². The van der Waals surface area contributed by atoms with Crippen molar-refractivity contribution in [2.24, 2.45) is 0 Å². The summed E-state index contributed by atoms with van der Waals surface area (Å²) >= 11 is 0. The minimum Gasteiger partial charge on any atom is -0.452 e. The summed E-state index contributed by atoms with van der Waals surface area (Å²) in [6.07, 6.45) is 2.77. The van der Waals surface area contributed by atoms with Crippen molar-refractivity contribution in [3.05, 3.63) is 65.7 Å². The van der Waals surface area contributed by atoms with Gasteiger partial charge in [-0.2, -0.15) is 8.78 Å². The lowest BCUT2D eigenvalue weighted by Crippen LogP contribution is -2.20. The molecule has 0 atom stereocenters. The molecule has 1 amide bonds. The molecule has 0 aliphatic heterocycles. The molecular formula is C19H17F2NO4. The van der Waals surface area contributed by atoms with Crippen LogP contribution in [-0.4, -0.2) is 25.1 Å². The second kappa shape index (κ2) is 9.31. The standard InChI is InChI=1S/C19H17F2NO4/c1-13-5-4-6-14(11-13)9-10-18(24)25-12-17(23)22-15-7-2-3-8-16(15)26-19(20)21/h2-11,19H,12H2,1H3,(H,22,23)/b10-9+. The van der Waals surface area contributed by atoms with Gasteiger partial charge in [0.2, 0.25) is 0 Å². The Morgan fingerprint density at radius 3 is 2.65 bits per heavy atom. The molecule has 2 rings (SSSR count). The average Bonchev–Trinajstić information content (AvgIpc) is 2.59. The van der Waals surface area contributed by atoms with E-state index >= 15 is 0 Å². The van der Waals surface area contributed by atoms with Crippen LogP contribution in [-0.2, 0) is 14.3 Å². The molecule has 1 N–H and O–H groups in total. The zero-order chi connectivity index (χ0) is 18.9. The Morgan fingerprint density at radius 1 is 1.15 bits per heavy atom. The minimum atomic E-state index is -3.02. The molecule has 0 aliphatic carbocycles. The van der Waals surface area contributed by atoms with Crippen molar-refractivity contribution in [2.75, 3.05) is 11.9 Å². The fourth-order valence-electron chi connectivity index (χ4n) is 2.08. The van der Waals surface area contributed by atoms with E-state index in [1.54, 1.807) is 12.1 Å². The lowest BCUT2D eigenvalue weighted by atomic mass is 10.1. The highest BCUT2D eigenvalue weighted by Crippen LogP contribution is 2.25. The van der Waals surface area contributed by atoms with E-state index in [9.17, 15) is 18.4 Å². The number of nitrogens with one attached hydrogen (secondary N) is 1. The summed E-state index contributed by atoms with van der Waals surface area (Å²) in [6, 6.07) is 13.2. The summed E-state index contributed by atoms with van der Waals surface area (Å²) in [4.78, 5) is 23.5. The average molecular weight is 361 g/mol. The van der Waals surface area contributed by atoms with Gasteiger partial charge in [0.1, 0.15) is 5.75 Å². The van der Waals surface area contributed by atoms with Crippen LogP contribution in [0.5, 0.6) is 5.75 Å². The van der Waals surface area contributed by atoms with Crippen molar-refractivity contribution < 1.29 is 27.8 Å². The number of amides is 1. The van der Waals surface area contributed by atoms with Crippen LogP contribution in [0.15, 0.2) is 54.6 Å². The van der Waals surface area contributed by atoms with Crippen LogP contribution in [0.4, 0.5) is 14.5 Å². The SMILES string of the molecule is Cc1cccc(/C=C/C(=O)OCC(=O)Nc2ccccc2OC(F)F)c1.